The van der Waals surface area contributed by atoms with Crippen molar-refractivity contribution >= 4 is 51.9 Å². The van der Waals surface area contributed by atoms with Crippen LogP contribution in [0.3, 0.4) is 0 Å². The molecular weight excluding hydrogens is 711 g/mol. The van der Waals surface area contributed by atoms with Gasteiger partial charge in [0.1, 0.15) is 11.4 Å². The fourth-order valence-electron chi connectivity index (χ4n) is 7.99. The van der Waals surface area contributed by atoms with E-state index in [0.29, 0.717) is 50.3 Å². The Morgan fingerprint density at radius 2 is 1.60 bits per heavy atom. The number of nitrogen functional groups attached to an aromatic ring is 1. The van der Waals surface area contributed by atoms with Gasteiger partial charge in [0.2, 0.25) is 27.7 Å². The number of nitrogens with one attached hydrogen (secondary N) is 1. The first-order valence-electron chi connectivity index (χ1n) is 18.2. The lowest BCUT2D eigenvalue weighted by molar-refractivity contribution is -0.385. The van der Waals surface area contributed by atoms with Crippen LogP contribution in [0.1, 0.15) is 70.9 Å². The van der Waals surface area contributed by atoms with Crippen LogP contribution in [0.2, 0.25) is 5.04 Å². The number of anilines is 3. The van der Waals surface area contributed by atoms with Gasteiger partial charge in [-0.3, -0.25) is 10.1 Å². The molecule has 3 heterocycles. The van der Waals surface area contributed by atoms with Crippen LogP contribution in [0.25, 0.3) is 0 Å². The van der Waals surface area contributed by atoms with E-state index in [4.69, 9.17) is 14.9 Å². The predicted octanol–water partition coefficient (Wildman–Crippen LogP) is 5.76. The number of hydrogen-bond donors (Lipinski definition) is 2. The fraction of sp³-hybridized carbons (Fsp3) is 0.447. The van der Waals surface area contributed by atoms with Gasteiger partial charge in [-0.1, -0.05) is 81.4 Å². The van der Waals surface area contributed by atoms with Crippen LogP contribution in [0, 0.1) is 16.0 Å². The molecule has 1 saturated heterocycles. The van der Waals surface area contributed by atoms with E-state index in [0.717, 1.165) is 12.8 Å². The summed E-state index contributed by atoms with van der Waals surface area (Å²) in [7, 11) is -4.98. The Bertz CT molecular complexity index is 1950. The minimum absolute atomic E-state index is 0.0211. The molecule has 0 spiro atoms. The number of aromatic nitrogens is 3. The zero-order valence-corrected chi connectivity index (χ0v) is 32.6. The van der Waals surface area contributed by atoms with Crippen LogP contribution in [0.4, 0.5) is 23.1 Å². The van der Waals surface area contributed by atoms with Crippen molar-refractivity contribution in [3.63, 3.8) is 0 Å². The first-order valence-corrected chi connectivity index (χ1v) is 21.7. The van der Waals surface area contributed by atoms with Gasteiger partial charge in [-0.2, -0.15) is 9.29 Å². The second-order valence-corrected chi connectivity index (χ2v) is 21.3. The minimum Gasteiger partial charge on any atom is -0.480 e. The van der Waals surface area contributed by atoms with Crippen LogP contribution in [-0.2, 0) is 14.4 Å². The number of piperidine rings is 1. The molecule has 3 N–H and O–H groups in total. The van der Waals surface area contributed by atoms with E-state index in [1.54, 1.807) is 22.6 Å². The highest BCUT2D eigenvalue weighted by Crippen LogP contribution is 2.42. The van der Waals surface area contributed by atoms with Gasteiger partial charge in [-0.05, 0) is 72.0 Å². The number of nitrogens with two attached hydrogens (primary N) is 1. The van der Waals surface area contributed by atoms with Crippen molar-refractivity contribution in [2.45, 2.75) is 76.4 Å². The summed E-state index contributed by atoms with van der Waals surface area (Å²) in [5.41, 5.74) is 6.53. The van der Waals surface area contributed by atoms with Crippen molar-refractivity contribution in [2.75, 3.05) is 37.0 Å². The molecule has 0 radical (unpaired) electrons. The molecule has 2 aromatic carbocycles. The second kappa shape index (κ2) is 15.9. The third-order valence-electron chi connectivity index (χ3n) is 10.5. The largest absolute Gasteiger partial charge is 0.480 e. The highest BCUT2D eigenvalue weighted by molar-refractivity contribution is 7.89. The number of benzene rings is 2. The molecule has 53 heavy (non-hydrogen) atoms. The molecule has 1 aliphatic heterocycles. The van der Waals surface area contributed by atoms with Gasteiger partial charge in [0.25, 0.3) is 8.32 Å². The Labute approximate surface area is 312 Å². The summed E-state index contributed by atoms with van der Waals surface area (Å²) in [5.74, 6) is -0.187. The Morgan fingerprint density at radius 1 is 0.962 bits per heavy atom. The summed E-state index contributed by atoms with van der Waals surface area (Å²) in [5, 5.41) is 17.3. The number of hydrogen-bond acceptors (Lipinski definition) is 11. The summed E-state index contributed by atoms with van der Waals surface area (Å²) in [6.45, 7) is 7.46. The third-order valence-corrected chi connectivity index (χ3v) is 17.6. The molecule has 0 bridgehead atoms. The van der Waals surface area contributed by atoms with Gasteiger partial charge in [0.05, 0.1) is 23.9 Å². The van der Waals surface area contributed by atoms with Gasteiger partial charge < -0.3 is 20.2 Å². The molecule has 15 heteroatoms. The zero-order chi connectivity index (χ0) is 37.8. The standard InChI is InChI=1S/C38H49N7O6SSi/c1-38(2,3)53(30-14-7-5-8-15-30,31-16-9-6-10-17-31)51-29-13-12-24-44(25-29)52(48,49)26-27-19-21-28(22-20-27)33-34(45(46)47)35(39)43-37(42-33)41-32-18-11-23-40-36(32)50-4/h5-11,14-18,23,27-29H,12-13,19-22,24-26H2,1-4H3,(H3,39,41,42,43). The lowest BCUT2D eigenvalue weighted by Gasteiger charge is -2.46. The molecule has 13 nitrogen and oxygen atoms in total. The van der Waals surface area contributed by atoms with Gasteiger partial charge >= 0.3 is 5.69 Å². The molecule has 4 aromatic rings. The van der Waals surface area contributed by atoms with Crippen LogP contribution in [0.15, 0.2) is 79.0 Å². The van der Waals surface area contributed by atoms with Gasteiger partial charge in [-0.25, -0.2) is 18.4 Å². The fourth-order valence-corrected chi connectivity index (χ4v) is 14.6. The van der Waals surface area contributed by atoms with Gasteiger partial charge in [0.15, 0.2) is 0 Å². The van der Waals surface area contributed by atoms with E-state index in [1.165, 1.54) is 17.5 Å². The first-order chi connectivity index (χ1) is 25.3. The van der Waals surface area contributed by atoms with Crippen LogP contribution < -0.4 is 26.2 Å². The monoisotopic (exact) mass is 759 g/mol. The van der Waals surface area contributed by atoms with Crippen molar-refractivity contribution in [2.24, 2.45) is 5.92 Å². The molecule has 2 aromatic heterocycles. The van der Waals surface area contributed by atoms with Crippen LogP contribution in [-0.4, -0.2) is 73.0 Å². The first kappa shape index (κ1) is 38.3. The van der Waals surface area contributed by atoms with Crippen molar-refractivity contribution in [1.82, 2.24) is 19.3 Å². The van der Waals surface area contributed by atoms with Crippen LogP contribution >= 0.6 is 0 Å². The lowest BCUT2D eigenvalue weighted by atomic mass is 9.81. The number of nitro groups is 1. The SMILES string of the molecule is COc1ncccc1Nc1nc(N)c([N+](=O)[O-])c(C2CCC(CS(=O)(=O)N3CCCC(O[Si](c4ccccc4)(c4ccccc4)C(C)(C)C)C3)CC2)n1. The molecule has 2 aliphatic rings. The maximum absolute atomic E-state index is 14.0. The minimum atomic E-state index is -3.61. The van der Waals surface area contributed by atoms with Crippen LogP contribution in [0.5, 0.6) is 5.88 Å². The smallest absolute Gasteiger partial charge is 0.332 e. The maximum atomic E-state index is 14.0. The molecule has 6 rings (SSSR count). The average Bonchev–Trinajstić information content (AvgIpc) is 3.14. The summed E-state index contributed by atoms with van der Waals surface area (Å²) in [4.78, 5) is 24.4. The number of pyridine rings is 1. The molecule has 1 saturated carbocycles. The Morgan fingerprint density at radius 3 is 2.19 bits per heavy atom. The van der Waals surface area contributed by atoms with Crippen molar-refractivity contribution in [3.8, 4) is 5.88 Å². The molecule has 282 valence electrons. The zero-order valence-electron chi connectivity index (χ0n) is 30.8. The van der Waals surface area contributed by atoms with E-state index >= 15 is 0 Å². The van der Waals surface area contributed by atoms with E-state index in [-0.39, 0.29) is 51.9 Å². The number of rotatable bonds is 12. The quantitative estimate of drug-likeness (QED) is 0.102. The number of methoxy groups -OCH3 is 1. The van der Waals surface area contributed by atoms with Gasteiger partial charge in [-0.15, -0.1) is 0 Å². The molecule has 1 unspecified atom stereocenters. The summed E-state index contributed by atoms with van der Waals surface area (Å²) >= 11 is 0. The second-order valence-electron chi connectivity index (χ2n) is 15.0. The average molecular weight is 760 g/mol. The molecule has 1 atom stereocenters. The van der Waals surface area contributed by atoms with Crippen molar-refractivity contribution in [3.05, 3.63) is 94.8 Å². The Balaban J connectivity index is 1.16. The number of sulfonamides is 1. The molecular formula is C38H49N7O6SSi. The highest BCUT2D eigenvalue weighted by atomic mass is 32.2. The topological polar surface area (TPSA) is 176 Å². The van der Waals surface area contributed by atoms with E-state index in [1.807, 2.05) is 12.1 Å². The lowest BCUT2D eigenvalue weighted by Crippen LogP contribution is -2.68. The van der Waals surface area contributed by atoms with E-state index in [9.17, 15) is 18.5 Å². The summed E-state index contributed by atoms with van der Waals surface area (Å²) < 4.78 is 42.4. The van der Waals surface area contributed by atoms with Crippen molar-refractivity contribution < 1.29 is 22.5 Å². The molecule has 2 fully saturated rings. The maximum Gasteiger partial charge on any atom is 0.332 e. The summed E-state index contributed by atoms with van der Waals surface area (Å²) in [6, 6.07) is 24.3. The number of nitrogens with zero attached hydrogens (tertiary/aromatic N) is 5. The molecule has 1 aliphatic carbocycles. The van der Waals surface area contributed by atoms with Crippen molar-refractivity contribution in [1.29, 1.82) is 0 Å². The van der Waals surface area contributed by atoms with Gasteiger partial charge in [0, 0.05) is 25.2 Å². The van der Waals surface area contributed by atoms with E-state index < -0.39 is 23.3 Å². The third kappa shape index (κ3) is 8.22. The summed E-state index contributed by atoms with van der Waals surface area (Å²) in [6.07, 6.45) is 5.06. The predicted molar refractivity (Wildman–Crippen MR) is 209 cm³/mol. The molecule has 0 amide bonds. The Kier molecular flexibility index (Phi) is 11.5. The Hall–Kier alpha value is -4.44. The van der Waals surface area contributed by atoms with E-state index in [2.05, 4.69) is 89.6 Å². The normalized spacial score (nSPS) is 20.1. The highest BCUT2D eigenvalue weighted by Gasteiger charge is 2.52. The number of ether oxygens (including phenoxy) is 1.